The van der Waals surface area contributed by atoms with Crippen LogP contribution in [0.1, 0.15) is 24.2 Å². The number of hydrogen-bond donors (Lipinski definition) is 2. The Bertz CT molecular complexity index is 797. The molecule has 0 saturated heterocycles. The van der Waals surface area contributed by atoms with Gasteiger partial charge in [-0.3, -0.25) is 4.79 Å². The fourth-order valence-corrected chi connectivity index (χ4v) is 2.45. The molecule has 26 heavy (non-hydrogen) atoms. The first-order chi connectivity index (χ1) is 12.1. The van der Waals surface area contributed by atoms with Crippen LogP contribution in [0.15, 0.2) is 30.3 Å². The molecular weight excluding hydrogens is 360 g/mol. The second kappa shape index (κ2) is 8.53. The van der Waals surface area contributed by atoms with Gasteiger partial charge in [0.25, 0.3) is 5.91 Å². The molecule has 0 radical (unpaired) electrons. The molecule has 2 aromatic carbocycles. The molecular formula is C18H21ClN2O5. The second-order valence-corrected chi connectivity index (χ2v) is 5.27. The van der Waals surface area contributed by atoms with Crippen molar-refractivity contribution in [1.29, 1.82) is 0 Å². The fraction of sp³-hybridized carbons (Fsp3) is 0.278. The number of rotatable bonds is 6. The van der Waals surface area contributed by atoms with Crippen molar-refractivity contribution in [2.45, 2.75) is 13.8 Å². The van der Waals surface area contributed by atoms with Crippen LogP contribution in [0.4, 0.5) is 11.4 Å². The van der Waals surface area contributed by atoms with Crippen LogP contribution >= 0.6 is 12.4 Å². The van der Waals surface area contributed by atoms with E-state index < -0.39 is 0 Å². The van der Waals surface area contributed by atoms with Gasteiger partial charge in [-0.15, -0.1) is 12.4 Å². The average Bonchev–Trinajstić information content (AvgIpc) is 3.04. The van der Waals surface area contributed by atoms with Gasteiger partial charge in [0.15, 0.2) is 23.0 Å². The van der Waals surface area contributed by atoms with Crippen molar-refractivity contribution in [3.63, 3.8) is 0 Å². The van der Waals surface area contributed by atoms with Gasteiger partial charge in [0.2, 0.25) is 6.79 Å². The minimum Gasteiger partial charge on any atom is -0.490 e. The highest BCUT2D eigenvalue weighted by molar-refractivity contribution is 6.06. The number of amides is 1. The molecule has 3 rings (SSSR count). The molecule has 0 bridgehead atoms. The predicted octanol–water partition coefficient (Wildman–Crippen LogP) is 3.47. The van der Waals surface area contributed by atoms with E-state index in [1.807, 2.05) is 13.8 Å². The average molecular weight is 381 g/mol. The summed E-state index contributed by atoms with van der Waals surface area (Å²) < 4.78 is 21.6. The number of carbonyl (C=O) groups excluding carboxylic acids is 1. The molecule has 2 aromatic rings. The van der Waals surface area contributed by atoms with E-state index in [0.29, 0.717) is 53.2 Å². The Morgan fingerprint density at radius 3 is 2.42 bits per heavy atom. The zero-order valence-corrected chi connectivity index (χ0v) is 15.4. The van der Waals surface area contributed by atoms with Gasteiger partial charge >= 0.3 is 0 Å². The lowest BCUT2D eigenvalue weighted by Gasteiger charge is -2.13. The van der Waals surface area contributed by atoms with Crippen molar-refractivity contribution in [3.8, 4) is 23.0 Å². The summed E-state index contributed by atoms with van der Waals surface area (Å²) in [5.74, 6) is 1.93. The third-order valence-electron chi connectivity index (χ3n) is 3.60. The Balaban J connectivity index is 0.00000243. The molecule has 0 atom stereocenters. The van der Waals surface area contributed by atoms with E-state index in [0.717, 1.165) is 0 Å². The van der Waals surface area contributed by atoms with Gasteiger partial charge in [0, 0.05) is 17.7 Å². The van der Waals surface area contributed by atoms with Gasteiger partial charge in [-0.05, 0) is 32.0 Å². The molecule has 1 amide bonds. The summed E-state index contributed by atoms with van der Waals surface area (Å²) in [6.07, 6.45) is 0. The van der Waals surface area contributed by atoms with Gasteiger partial charge in [-0.1, -0.05) is 0 Å². The largest absolute Gasteiger partial charge is 0.490 e. The van der Waals surface area contributed by atoms with Crippen molar-refractivity contribution < 1.29 is 23.7 Å². The minimum atomic E-state index is -0.311. The van der Waals surface area contributed by atoms with Crippen molar-refractivity contribution in [2.75, 3.05) is 31.1 Å². The highest BCUT2D eigenvalue weighted by Gasteiger charge is 2.18. The Morgan fingerprint density at radius 1 is 1.08 bits per heavy atom. The normalized spacial score (nSPS) is 11.5. The Morgan fingerprint density at radius 2 is 1.73 bits per heavy atom. The Kier molecular flexibility index (Phi) is 6.41. The van der Waals surface area contributed by atoms with Gasteiger partial charge in [-0.25, -0.2) is 0 Å². The van der Waals surface area contributed by atoms with Crippen LogP contribution in [0.5, 0.6) is 23.0 Å². The van der Waals surface area contributed by atoms with Crippen molar-refractivity contribution in [2.24, 2.45) is 0 Å². The zero-order chi connectivity index (χ0) is 17.8. The van der Waals surface area contributed by atoms with Crippen LogP contribution in [0.3, 0.4) is 0 Å². The SMILES string of the molecule is CCOc1ccc(C(=O)Nc2cc3c(cc2N)OCO3)cc1OCC.Cl. The molecule has 1 aliphatic heterocycles. The first-order valence-corrected chi connectivity index (χ1v) is 8.02. The molecule has 8 heteroatoms. The van der Waals surface area contributed by atoms with Crippen molar-refractivity contribution >= 4 is 29.7 Å². The van der Waals surface area contributed by atoms with E-state index in [2.05, 4.69) is 5.32 Å². The quantitative estimate of drug-likeness (QED) is 0.745. The number of nitrogen functional groups attached to an aromatic ring is 1. The molecule has 0 fully saturated rings. The first kappa shape index (κ1) is 19.5. The molecule has 0 aromatic heterocycles. The van der Waals surface area contributed by atoms with Crippen molar-refractivity contribution in [3.05, 3.63) is 35.9 Å². The summed E-state index contributed by atoms with van der Waals surface area (Å²) in [6.45, 7) is 4.89. The molecule has 140 valence electrons. The number of ether oxygens (including phenoxy) is 4. The smallest absolute Gasteiger partial charge is 0.255 e. The van der Waals surface area contributed by atoms with Gasteiger partial charge in [-0.2, -0.15) is 0 Å². The van der Waals surface area contributed by atoms with Crippen LogP contribution in [-0.4, -0.2) is 25.9 Å². The van der Waals surface area contributed by atoms with Crippen LogP contribution in [0.25, 0.3) is 0 Å². The summed E-state index contributed by atoms with van der Waals surface area (Å²) in [5.41, 5.74) is 7.26. The molecule has 0 saturated carbocycles. The summed E-state index contributed by atoms with van der Waals surface area (Å²) in [7, 11) is 0. The second-order valence-electron chi connectivity index (χ2n) is 5.27. The number of nitrogens with one attached hydrogen (secondary N) is 1. The maximum Gasteiger partial charge on any atom is 0.255 e. The van der Waals surface area contributed by atoms with E-state index in [1.54, 1.807) is 30.3 Å². The molecule has 1 aliphatic rings. The molecule has 7 nitrogen and oxygen atoms in total. The van der Waals surface area contributed by atoms with E-state index in [9.17, 15) is 4.79 Å². The maximum atomic E-state index is 12.6. The Hall–Kier alpha value is -2.80. The van der Waals surface area contributed by atoms with E-state index in [4.69, 9.17) is 24.7 Å². The van der Waals surface area contributed by atoms with E-state index in [1.165, 1.54) is 0 Å². The van der Waals surface area contributed by atoms with Gasteiger partial charge in [0.1, 0.15) is 0 Å². The van der Waals surface area contributed by atoms with E-state index in [-0.39, 0.29) is 25.1 Å². The van der Waals surface area contributed by atoms with E-state index >= 15 is 0 Å². The number of benzene rings is 2. The number of hydrogen-bond acceptors (Lipinski definition) is 6. The minimum absolute atomic E-state index is 0. The number of halogens is 1. The van der Waals surface area contributed by atoms with Crippen LogP contribution < -0.4 is 30.0 Å². The molecule has 3 N–H and O–H groups in total. The lowest BCUT2D eigenvalue weighted by Crippen LogP contribution is -2.13. The number of nitrogens with two attached hydrogens (primary N) is 1. The highest BCUT2D eigenvalue weighted by atomic mass is 35.5. The van der Waals surface area contributed by atoms with Crippen LogP contribution in [0, 0.1) is 0 Å². The van der Waals surface area contributed by atoms with Crippen molar-refractivity contribution in [1.82, 2.24) is 0 Å². The summed E-state index contributed by atoms with van der Waals surface area (Å²) in [6, 6.07) is 8.31. The summed E-state index contributed by atoms with van der Waals surface area (Å²) in [4.78, 5) is 12.6. The van der Waals surface area contributed by atoms with Gasteiger partial charge in [0.05, 0.1) is 24.6 Å². The highest BCUT2D eigenvalue weighted by Crippen LogP contribution is 2.38. The van der Waals surface area contributed by atoms with Crippen LogP contribution in [0.2, 0.25) is 0 Å². The maximum absolute atomic E-state index is 12.6. The number of fused-ring (bicyclic) bond motifs is 1. The predicted molar refractivity (Wildman–Crippen MR) is 101 cm³/mol. The topological polar surface area (TPSA) is 92.0 Å². The first-order valence-electron chi connectivity index (χ1n) is 8.02. The summed E-state index contributed by atoms with van der Waals surface area (Å²) >= 11 is 0. The number of carbonyl (C=O) groups is 1. The fourth-order valence-electron chi connectivity index (χ4n) is 2.45. The third-order valence-corrected chi connectivity index (χ3v) is 3.60. The summed E-state index contributed by atoms with van der Waals surface area (Å²) in [5, 5.41) is 2.78. The lowest BCUT2D eigenvalue weighted by molar-refractivity contribution is 0.102. The third kappa shape index (κ3) is 4.05. The molecule has 1 heterocycles. The zero-order valence-electron chi connectivity index (χ0n) is 14.5. The molecule has 0 unspecified atom stereocenters. The molecule has 0 aliphatic carbocycles. The monoisotopic (exact) mass is 380 g/mol. The number of anilines is 2. The van der Waals surface area contributed by atoms with Crippen LogP contribution in [-0.2, 0) is 0 Å². The lowest BCUT2D eigenvalue weighted by atomic mass is 10.1. The standard InChI is InChI=1S/C18H20N2O5.ClH/c1-3-22-14-6-5-11(7-15(14)23-4-2)18(21)20-13-9-17-16(8-12(13)19)24-10-25-17;/h5-9H,3-4,10,19H2,1-2H3,(H,20,21);1H. The Labute approximate surface area is 157 Å². The van der Waals surface area contributed by atoms with Gasteiger partial charge < -0.3 is 30.0 Å². The molecule has 0 spiro atoms.